The Morgan fingerprint density at radius 3 is 2.19 bits per heavy atom. The Kier molecular flexibility index (Phi) is 5.65. The second kappa shape index (κ2) is 8.55. The highest BCUT2D eigenvalue weighted by atomic mass is 16.4. The van der Waals surface area contributed by atoms with Gasteiger partial charge in [-0.25, -0.2) is 4.79 Å². The topological polar surface area (TPSA) is 87.7 Å². The van der Waals surface area contributed by atoms with Gasteiger partial charge in [-0.1, -0.05) is 72.3 Å². The van der Waals surface area contributed by atoms with Crippen molar-refractivity contribution in [2.24, 2.45) is 0 Å². The minimum Gasteiger partial charge on any atom is -0.507 e. The predicted octanol–water partition coefficient (Wildman–Crippen LogP) is 5.61. The number of fused-ring (bicyclic) bond motifs is 1. The van der Waals surface area contributed by atoms with Crippen LogP contribution in [-0.4, -0.2) is 16.0 Å². The van der Waals surface area contributed by atoms with Gasteiger partial charge in [-0.05, 0) is 25.8 Å². The number of benzene rings is 3. The lowest BCUT2D eigenvalue weighted by Crippen LogP contribution is -2.08. The third-order valence-corrected chi connectivity index (χ3v) is 5.30. The first-order chi connectivity index (χ1) is 15.4. The zero-order valence-electron chi connectivity index (χ0n) is 17.8. The third-order valence-electron chi connectivity index (χ3n) is 5.30. The van der Waals surface area contributed by atoms with E-state index in [-0.39, 0.29) is 34.3 Å². The van der Waals surface area contributed by atoms with Crippen molar-refractivity contribution in [1.29, 1.82) is 0 Å². The van der Waals surface area contributed by atoms with Crippen LogP contribution in [-0.2, 0) is 6.42 Å². The average Bonchev–Trinajstić information content (AvgIpc) is 2.79. The maximum atomic E-state index is 13.4. The molecular formula is C27H22O5. The monoisotopic (exact) mass is 426 g/mol. The minimum atomic E-state index is -0.686. The van der Waals surface area contributed by atoms with Gasteiger partial charge in [-0.3, -0.25) is 4.79 Å². The molecule has 0 saturated carbocycles. The SMILES string of the molecule is CC(C)=CCc1c(O)c(C(=O)c2ccccc2)c2oc(=O)cc(-c3ccccc3)c2c1O. The average molecular weight is 426 g/mol. The quantitative estimate of drug-likeness (QED) is 0.246. The van der Waals surface area contributed by atoms with Gasteiger partial charge in [-0.15, -0.1) is 0 Å². The molecule has 0 saturated heterocycles. The number of rotatable bonds is 5. The molecule has 0 bridgehead atoms. The summed E-state index contributed by atoms with van der Waals surface area (Å²) in [6, 6.07) is 18.8. The molecule has 0 aliphatic rings. The van der Waals surface area contributed by atoms with E-state index in [9.17, 15) is 19.8 Å². The van der Waals surface area contributed by atoms with Gasteiger partial charge in [0.05, 0.1) is 5.39 Å². The summed E-state index contributed by atoms with van der Waals surface area (Å²) in [5.74, 6) is -1.11. The molecular weight excluding hydrogens is 404 g/mol. The van der Waals surface area contributed by atoms with Gasteiger partial charge >= 0.3 is 5.63 Å². The molecule has 32 heavy (non-hydrogen) atoms. The zero-order chi connectivity index (χ0) is 22.8. The van der Waals surface area contributed by atoms with Crippen LogP contribution in [0.4, 0.5) is 0 Å². The number of allylic oxidation sites excluding steroid dienone is 2. The van der Waals surface area contributed by atoms with Gasteiger partial charge in [0, 0.05) is 22.8 Å². The Hall–Kier alpha value is -4.12. The van der Waals surface area contributed by atoms with Gasteiger partial charge in [0.15, 0.2) is 5.58 Å². The molecule has 0 aliphatic heterocycles. The van der Waals surface area contributed by atoms with E-state index >= 15 is 0 Å². The van der Waals surface area contributed by atoms with Crippen LogP contribution in [0.5, 0.6) is 11.5 Å². The summed E-state index contributed by atoms with van der Waals surface area (Å²) in [4.78, 5) is 25.9. The normalized spacial score (nSPS) is 10.8. The van der Waals surface area contributed by atoms with Crippen LogP contribution in [0.25, 0.3) is 22.1 Å². The van der Waals surface area contributed by atoms with E-state index in [1.165, 1.54) is 6.07 Å². The van der Waals surface area contributed by atoms with Crippen LogP contribution in [0.3, 0.4) is 0 Å². The largest absolute Gasteiger partial charge is 0.507 e. The molecule has 5 heteroatoms. The van der Waals surface area contributed by atoms with Crippen molar-refractivity contribution in [3.05, 3.63) is 105 Å². The van der Waals surface area contributed by atoms with E-state index in [2.05, 4.69) is 0 Å². The summed E-state index contributed by atoms with van der Waals surface area (Å²) in [6.07, 6.45) is 2.05. The van der Waals surface area contributed by atoms with Crippen molar-refractivity contribution in [3.8, 4) is 22.6 Å². The van der Waals surface area contributed by atoms with E-state index in [4.69, 9.17) is 4.42 Å². The van der Waals surface area contributed by atoms with Crippen LogP contribution < -0.4 is 5.63 Å². The molecule has 160 valence electrons. The molecule has 0 fully saturated rings. The standard InChI is InChI=1S/C27H22O5/c1-16(2)13-14-19-25(30)22-20(17-9-5-3-6-10-17)15-21(28)32-27(22)23(26(19)31)24(29)18-11-7-4-8-12-18/h3-13,15,30-31H,14H2,1-2H3. The number of phenols is 2. The summed E-state index contributed by atoms with van der Waals surface area (Å²) in [7, 11) is 0. The molecule has 0 unspecified atom stereocenters. The Labute approximate surface area is 184 Å². The smallest absolute Gasteiger partial charge is 0.336 e. The first-order valence-electron chi connectivity index (χ1n) is 10.2. The molecule has 1 heterocycles. The molecule has 0 aliphatic carbocycles. The van der Waals surface area contributed by atoms with E-state index in [0.717, 1.165) is 5.57 Å². The summed E-state index contributed by atoms with van der Waals surface area (Å²) < 4.78 is 5.43. The molecule has 0 amide bonds. The van der Waals surface area contributed by atoms with E-state index in [1.54, 1.807) is 42.5 Å². The van der Waals surface area contributed by atoms with Crippen molar-refractivity contribution in [2.75, 3.05) is 0 Å². The van der Waals surface area contributed by atoms with Gasteiger partial charge in [0.1, 0.15) is 17.1 Å². The van der Waals surface area contributed by atoms with E-state index in [0.29, 0.717) is 16.7 Å². The summed E-state index contributed by atoms with van der Waals surface area (Å²) in [5.41, 5.74) is 1.65. The molecule has 5 nitrogen and oxygen atoms in total. The lowest BCUT2D eigenvalue weighted by atomic mass is 9.91. The van der Waals surface area contributed by atoms with E-state index in [1.807, 2.05) is 38.1 Å². The highest BCUT2D eigenvalue weighted by Gasteiger charge is 2.28. The lowest BCUT2D eigenvalue weighted by Gasteiger charge is -2.16. The fraction of sp³-hybridized carbons (Fsp3) is 0.111. The molecule has 1 aromatic heterocycles. The zero-order valence-corrected chi connectivity index (χ0v) is 17.8. The highest BCUT2D eigenvalue weighted by molar-refractivity contribution is 6.19. The summed E-state index contributed by atoms with van der Waals surface area (Å²) in [6.45, 7) is 3.80. The molecule has 0 radical (unpaired) electrons. The first-order valence-corrected chi connectivity index (χ1v) is 10.2. The third kappa shape index (κ3) is 3.81. The van der Waals surface area contributed by atoms with E-state index < -0.39 is 17.2 Å². The molecule has 0 spiro atoms. The second-order valence-corrected chi connectivity index (χ2v) is 7.78. The van der Waals surface area contributed by atoms with Crippen molar-refractivity contribution in [1.82, 2.24) is 0 Å². The van der Waals surface area contributed by atoms with Gasteiger partial charge in [-0.2, -0.15) is 0 Å². The molecule has 4 rings (SSSR count). The minimum absolute atomic E-state index is 0.138. The van der Waals surface area contributed by atoms with Crippen LogP contribution in [0.15, 0.2) is 87.6 Å². The Morgan fingerprint density at radius 1 is 0.938 bits per heavy atom. The number of ketones is 1. The summed E-state index contributed by atoms with van der Waals surface area (Å²) in [5, 5.41) is 22.5. The molecule has 2 N–H and O–H groups in total. The van der Waals surface area contributed by atoms with Gasteiger partial charge < -0.3 is 14.6 Å². The number of aromatic hydroxyl groups is 2. The first kappa shape index (κ1) is 21.1. The molecule has 3 aromatic carbocycles. The summed E-state index contributed by atoms with van der Waals surface area (Å²) >= 11 is 0. The number of carbonyl (C=O) groups is 1. The predicted molar refractivity (Wildman–Crippen MR) is 124 cm³/mol. The van der Waals surface area contributed by atoms with Crippen LogP contribution in [0, 0.1) is 0 Å². The number of hydrogen-bond donors (Lipinski definition) is 2. The van der Waals surface area contributed by atoms with Crippen molar-refractivity contribution < 1.29 is 19.4 Å². The fourth-order valence-electron chi connectivity index (χ4n) is 3.72. The highest BCUT2D eigenvalue weighted by Crippen LogP contribution is 2.44. The number of carbonyl (C=O) groups excluding carboxylic acids is 1. The molecule has 4 aromatic rings. The maximum absolute atomic E-state index is 13.4. The van der Waals surface area contributed by atoms with Crippen LogP contribution in [0.1, 0.15) is 35.3 Å². The maximum Gasteiger partial charge on any atom is 0.336 e. The lowest BCUT2D eigenvalue weighted by molar-refractivity contribution is 0.103. The van der Waals surface area contributed by atoms with Gasteiger partial charge in [0.25, 0.3) is 0 Å². The Balaban J connectivity index is 2.14. The van der Waals surface area contributed by atoms with Crippen LogP contribution in [0.2, 0.25) is 0 Å². The Morgan fingerprint density at radius 2 is 1.56 bits per heavy atom. The Bertz CT molecular complexity index is 1390. The van der Waals surface area contributed by atoms with Crippen LogP contribution >= 0.6 is 0 Å². The van der Waals surface area contributed by atoms with Crippen molar-refractivity contribution in [3.63, 3.8) is 0 Å². The second-order valence-electron chi connectivity index (χ2n) is 7.78. The number of phenolic OH excluding ortho intramolecular Hbond substituents is 2. The number of hydrogen-bond acceptors (Lipinski definition) is 5. The van der Waals surface area contributed by atoms with Crippen molar-refractivity contribution in [2.45, 2.75) is 20.3 Å². The fourth-order valence-corrected chi connectivity index (χ4v) is 3.72. The van der Waals surface area contributed by atoms with Crippen molar-refractivity contribution >= 4 is 16.8 Å². The van der Waals surface area contributed by atoms with Gasteiger partial charge in [0.2, 0.25) is 5.78 Å². The molecule has 0 atom stereocenters.